The summed E-state index contributed by atoms with van der Waals surface area (Å²) in [5.74, 6) is 5.28. The Morgan fingerprint density at radius 1 is 1.37 bits per heavy atom. The molecule has 5 nitrogen and oxygen atoms in total. The van der Waals surface area contributed by atoms with Crippen LogP contribution in [-0.4, -0.2) is 25.7 Å². The number of carbonyl (C=O) groups excluding carboxylic acids is 1. The van der Waals surface area contributed by atoms with Crippen molar-refractivity contribution in [2.24, 2.45) is 5.84 Å². The number of carbonyl (C=O) groups is 1. The van der Waals surface area contributed by atoms with E-state index in [4.69, 9.17) is 10.6 Å². The highest BCUT2D eigenvalue weighted by Gasteiger charge is 2.06. The van der Waals surface area contributed by atoms with Gasteiger partial charge in [0.1, 0.15) is 0 Å². The lowest BCUT2D eigenvalue weighted by molar-refractivity contribution is 0.0941. The van der Waals surface area contributed by atoms with Crippen LogP contribution >= 0.6 is 0 Å². The minimum Gasteiger partial charge on any atom is -0.381 e. The molecule has 0 aliphatic heterocycles. The van der Waals surface area contributed by atoms with E-state index < -0.39 is 0 Å². The second kappa shape index (κ2) is 8.50. The molecule has 0 aliphatic rings. The molecule has 1 aromatic carbocycles. The summed E-state index contributed by atoms with van der Waals surface area (Å²) < 4.78 is 5.35. The molecular formula is C14H23N3O2. The Morgan fingerprint density at radius 2 is 2.16 bits per heavy atom. The van der Waals surface area contributed by atoms with Gasteiger partial charge in [-0.1, -0.05) is 6.92 Å². The summed E-state index contributed by atoms with van der Waals surface area (Å²) in [7, 11) is 0. The summed E-state index contributed by atoms with van der Waals surface area (Å²) in [5.41, 5.74) is 5.00. The van der Waals surface area contributed by atoms with Gasteiger partial charge in [-0.3, -0.25) is 10.6 Å². The van der Waals surface area contributed by atoms with Gasteiger partial charge in [-0.05, 0) is 43.5 Å². The van der Waals surface area contributed by atoms with Crippen LogP contribution in [0.1, 0.15) is 35.7 Å². The summed E-state index contributed by atoms with van der Waals surface area (Å²) >= 11 is 0. The van der Waals surface area contributed by atoms with Crippen LogP contribution in [0.3, 0.4) is 0 Å². The zero-order chi connectivity index (χ0) is 14.1. The SMILES string of the molecule is CCCOCCCNC(=O)c1ccc(NN)c(C)c1. The molecule has 0 aromatic heterocycles. The third kappa shape index (κ3) is 5.28. The average Bonchev–Trinajstić information content (AvgIpc) is 2.42. The third-order valence-corrected chi connectivity index (χ3v) is 2.74. The van der Waals surface area contributed by atoms with Gasteiger partial charge in [-0.15, -0.1) is 0 Å². The number of nitrogens with two attached hydrogens (primary N) is 1. The molecule has 0 radical (unpaired) electrons. The molecule has 19 heavy (non-hydrogen) atoms. The van der Waals surface area contributed by atoms with Crippen LogP contribution in [0, 0.1) is 6.92 Å². The summed E-state index contributed by atoms with van der Waals surface area (Å²) in [5, 5.41) is 2.87. The third-order valence-electron chi connectivity index (χ3n) is 2.74. The molecule has 0 saturated heterocycles. The number of amides is 1. The van der Waals surface area contributed by atoms with Crippen LogP contribution in [0.15, 0.2) is 18.2 Å². The molecule has 106 valence electrons. The number of anilines is 1. The van der Waals surface area contributed by atoms with Crippen LogP contribution in [0.5, 0.6) is 0 Å². The molecule has 0 bridgehead atoms. The van der Waals surface area contributed by atoms with E-state index in [1.165, 1.54) is 0 Å². The van der Waals surface area contributed by atoms with Gasteiger partial charge in [0.05, 0.1) is 5.69 Å². The van der Waals surface area contributed by atoms with Crippen molar-refractivity contribution in [2.75, 3.05) is 25.2 Å². The predicted octanol–water partition coefficient (Wildman–Crippen LogP) is 1.83. The molecule has 1 rings (SSSR count). The molecule has 0 fully saturated rings. The summed E-state index contributed by atoms with van der Waals surface area (Å²) in [6.07, 6.45) is 1.85. The van der Waals surface area contributed by atoms with E-state index in [2.05, 4.69) is 17.7 Å². The van der Waals surface area contributed by atoms with Gasteiger partial charge in [-0.2, -0.15) is 0 Å². The zero-order valence-electron chi connectivity index (χ0n) is 11.7. The molecule has 0 unspecified atom stereocenters. The number of aryl methyl sites for hydroxylation is 1. The van der Waals surface area contributed by atoms with Crippen molar-refractivity contribution < 1.29 is 9.53 Å². The van der Waals surface area contributed by atoms with Crippen LogP contribution in [0.25, 0.3) is 0 Å². The first-order chi connectivity index (χ1) is 9.19. The van der Waals surface area contributed by atoms with Gasteiger partial charge in [0.25, 0.3) is 5.91 Å². The maximum absolute atomic E-state index is 11.9. The predicted molar refractivity (Wildman–Crippen MR) is 77.0 cm³/mol. The van der Waals surface area contributed by atoms with Crippen molar-refractivity contribution >= 4 is 11.6 Å². The Bertz CT molecular complexity index is 408. The Labute approximate surface area is 114 Å². The van der Waals surface area contributed by atoms with Crippen molar-refractivity contribution in [1.82, 2.24) is 5.32 Å². The Hall–Kier alpha value is -1.59. The summed E-state index contributed by atoms with van der Waals surface area (Å²) in [4.78, 5) is 11.9. The van der Waals surface area contributed by atoms with Crippen LogP contribution in [0.2, 0.25) is 0 Å². The molecule has 0 aliphatic carbocycles. The number of hydrogen-bond acceptors (Lipinski definition) is 4. The number of nitrogens with one attached hydrogen (secondary N) is 2. The maximum Gasteiger partial charge on any atom is 0.251 e. The quantitative estimate of drug-likeness (QED) is 0.381. The maximum atomic E-state index is 11.9. The van der Waals surface area contributed by atoms with Crippen molar-refractivity contribution in [3.8, 4) is 0 Å². The lowest BCUT2D eigenvalue weighted by Gasteiger charge is -2.09. The standard InChI is InChI=1S/C14H23N3O2/c1-3-8-19-9-4-7-16-14(18)12-5-6-13(17-15)11(2)10-12/h5-6,10,17H,3-4,7-9,15H2,1-2H3,(H,16,18). The molecule has 5 heteroatoms. The Balaban J connectivity index is 2.35. The number of rotatable bonds is 8. The lowest BCUT2D eigenvalue weighted by Crippen LogP contribution is -2.25. The Kier molecular flexibility index (Phi) is 6.92. The number of benzene rings is 1. The fraction of sp³-hybridized carbons (Fsp3) is 0.500. The Morgan fingerprint density at radius 3 is 2.79 bits per heavy atom. The second-order valence-electron chi connectivity index (χ2n) is 4.40. The largest absolute Gasteiger partial charge is 0.381 e. The summed E-state index contributed by atoms with van der Waals surface area (Å²) in [6.45, 7) is 6.07. The first-order valence-electron chi connectivity index (χ1n) is 6.62. The smallest absolute Gasteiger partial charge is 0.251 e. The molecule has 1 amide bonds. The molecular weight excluding hydrogens is 242 g/mol. The minimum absolute atomic E-state index is 0.0674. The van der Waals surface area contributed by atoms with Crippen LogP contribution in [-0.2, 0) is 4.74 Å². The highest BCUT2D eigenvalue weighted by Crippen LogP contribution is 2.14. The van der Waals surface area contributed by atoms with E-state index in [1.54, 1.807) is 12.1 Å². The molecule has 0 saturated carbocycles. The number of ether oxygens (including phenoxy) is 1. The molecule has 0 heterocycles. The lowest BCUT2D eigenvalue weighted by atomic mass is 10.1. The second-order valence-corrected chi connectivity index (χ2v) is 4.40. The molecule has 4 N–H and O–H groups in total. The summed E-state index contributed by atoms with van der Waals surface area (Å²) in [6, 6.07) is 5.37. The highest BCUT2D eigenvalue weighted by atomic mass is 16.5. The zero-order valence-corrected chi connectivity index (χ0v) is 11.7. The first kappa shape index (κ1) is 15.5. The van der Waals surface area contributed by atoms with Gasteiger partial charge < -0.3 is 15.5 Å². The fourth-order valence-corrected chi connectivity index (χ4v) is 1.69. The van der Waals surface area contributed by atoms with E-state index >= 15 is 0 Å². The van der Waals surface area contributed by atoms with Gasteiger partial charge in [0.15, 0.2) is 0 Å². The normalized spacial score (nSPS) is 10.3. The number of hydrogen-bond donors (Lipinski definition) is 3. The first-order valence-corrected chi connectivity index (χ1v) is 6.62. The van der Waals surface area contributed by atoms with Crippen molar-refractivity contribution in [1.29, 1.82) is 0 Å². The average molecular weight is 265 g/mol. The van der Waals surface area contributed by atoms with Gasteiger partial charge in [0.2, 0.25) is 0 Å². The number of nitrogen functional groups attached to an aromatic ring is 1. The van der Waals surface area contributed by atoms with Gasteiger partial charge in [0, 0.05) is 25.3 Å². The highest BCUT2D eigenvalue weighted by molar-refractivity contribution is 5.94. The molecule has 1 aromatic rings. The molecule has 0 atom stereocenters. The van der Waals surface area contributed by atoms with Crippen molar-refractivity contribution in [3.63, 3.8) is 0 Å². The molecule has 0 spiro atoms. The van der Waals surface area contributed by atoms with E-state index in [9.17, 15) is 4.79 Å². The van der Waals surface area contributed by atoms with Crippen LogP contribution < -0.4 is 16.6 Å². The van der Waals surface area contributed by atoms with E-state index in [0.717, 1.165) is 30.7 Å². The minimum atomic E-state index is -0.0674. The van der Waals surface area contributed by atoms with E-state index in [0.29, 0.717) is 18.7 Å². The van der Waals surface area contributed by atoms with Gasteiger partial charge >= 0.3 is 0 Å². The topological polar surface area (TPSA) is 76.4 Å². The number of hydrazine groups is 1. The van der Waals surface area contributed by atoms with Crippen molar-refractivity contribution in [3.05, 3.63) is 29.3 Å². The van der Waals surface area contributed by atoms with Crippen LogP contribution in [0.4, 0.5) is 5.69 Å². The van der Waals surface area contributed by atoms with E-state index in [-0.39, 0.29) is 5.91 Å². The monoisotopic (exact) mass is 265 g/mol. The van der Waals surface area contributed by atoms with Crippen molar-refractivity contribution in [2.45, 2.75) is 26.7 Å². The van der Waals surface area contributed by atoms with Gasteiger partial charge in [-0.25, -0.2) is 0 Å². The van der Waals surface area contributed by atoms with E-state index in [1.807, 2.05) is 13.0 Å². The fourth-order valence-electron chi connectivity index (χ4n) is 1.69.